The molecule has 4 rings (SSSR count). The Morgan fingerprint density at radius 3 is 2.62 bits per heavy atom. The van der Waals surface area contributed by atoms with E-state index in [0.717, 1.165) is 34.3 Å². The van der Waals surface area contributed by atoms with Gasteiger partial charge < -0.3 is 20.1 Å². The Balaban J connectivity index is 1.59. The van der Waals surface area contributed by atoms with Crippen LogP contribution in [-0.2, 0) is 4.74 Å². The molecule has 0 bridgehead atoms. The number of hydrogen-bond donors (Lipinski definition) is 2. The van der Waals surface area contributed by atoms with Crippen molar-refractivity contribution in [3.05, 3.63) is 54.4 Å². The van der Waals surface area contributed by atoms with E-state index in [4.69, 9.17) is 14.8 Å². The van der Waals surface area contributed by atoms with E-state index in [0.29, 0.717) is 13.1 Å². The lowest BCUT2D eigenvalue weighted by atomic mass is 10.1. The molecule has 0 spiro atoms. The summed E-state index contributed by atoms with van der Waals surface area (Å²) in [7, 11) is 0. The van der Waals surface area contributed by atoms with Crippen LogP contribution in [-0.4, -0.2) is 56.8 Å². The lowest BCUT2D eigenvalue weighted by Crippen LogP contribution is -2.36. The number of pyridine rings is 2. The summed E-state index contributed by atoms with van der Waals surface area (Å²) in [4.78, 5) is 34.2. The molecular formula is C24H26N4O4. The number of ether oxygens (including phenoxy) is 1. The number of hydrogen-bond acceptors (Lipinski definition) is 6. The molecule has 1 aromatic carbocycles. The van der Waals surface area contributed by atoms with Crippen LogP contribution in [0.2, 0.25) is 0 Å². The molecule has 1 atom stereocenters. The van der Waals surface area contributed by atoms with Gasteiger partial charge in [-0.3, -0.25) is 4.98 Å². The van der Waals surface area contributed by atoms with Crippen molar-refractivity contribution in [2.45, 2.75) is 38.8 Å². The van der Waals surface area contributed by atoms with Gasteiger partial charge in [0.05, 0.1) is 16.8 Å². The first-order valence-corrected chi connectivity index (χ1v) is 10.5. The van der Waals surface area contributed by atoms with Crippen molar-refractivity contribution in [2.75, 3.05) is 18.4 Å². The highest BCUT2D eigenvalue weighted by molar-refractivity contribution is 5.93. The van der Waals surface area contributed by atoms with Crippen LogP contribution in [0.5, 0.6) is 0 Å². The summed E-state index contributed by atoms with van der Waals surface area (Å²) in [6, 6.07) is 10.5. The Hall–Kier alpha value is -3.68. The summed E-state index contributed by atoms with van der Waals surface area (Å²) in [5.74, 6) is -0.966. The number of anilines is 1. The molecule has 1 aliphatic rings. The van der Waals surface area contributed by atoms with E-state index in [1.807, 2.05) is 32.9 Å². The van der Waals surface area contributed by atoms with E-state index < -0.39 is 11.6 Å². The number of carbonyl (C=O) groups is 2. The van der Waals surface area contributed by atoms with Crippen LogP contribution in [0.4, 0.5) is 10.5 Å². The maximum atomic E-state index is 12.4. The van der Waals surface area contributed by atoms with Crippen molar-refractivity contribution in [1.82, 2.24) is 14.9 Å². The quantitative estimate of drug-likeness (QED) is 0.626. The highest BCUT2D eigenvalue weighted by atomic mass is 16.6. The molecule has 1 aliphatic heterocycles. The van der Waals surface area contributed by atoms with E-state index in [9.17, 15) is 9.59 Å². The van der Waals surface area contributed by atoms with E-state index in [2.05, 4.69) is 10.3 Å². The number of rotatable bonds is 4. The zero-order chi connectivity index (χ0) is 22.9. The molecule has 0 radical (unpaired) electrons. The van der Waals surface area contributed by atoms with Crippen molar-refractivity contribution >= 4 is 28.7 Å². The summed E-state index contributed by atoms with van der Waals surface area (Å²) < 4.78 is 5.49. The summed E-state index contributed by atoms with van der Waals surface area (Å²) in [6.45, 7) is 6.74. The minimum atomic E-state index is -0.966. The highest BCUT2D eigenvalue weighted by Crippen LogP contribution is 2.30. The summed E-state index contributed by atoms with van der Waals surface area (Å²) in [6.07, 6.45) is 3.95. The molecule has 8 heteroatoms. The fourth-order valence-corrected chi connectivity index (χ4v) is 3.71. The Morgan fingerprint density at radius 1 is 1.19 bits per heavy atom. The number of fused-ring (bicyclic) bond motifs is 1. The average Bonchev–Trinajstić information content (AvgIpc) is 3.21. The number of likely N-dealkylation sites (tertiary alicyclic amines) is 1. The van der Waals surface area contributed by atoms with Crippen molar-refractivity contribution < 1.29 is 19.4 Å². The summed E-state index contributed by atoms with van der Waals surface area (Å²) >= 11 is 0. The molecule has 0 aliphatic carbocycles. The van der Waals surface area contributed by atoms with Crippen LogP contribution in [0.15, 0.2) is 48.8 Å². The molecule has 1 unspecified atom stereocenters. The Labute approximate surface area is 186 Å². The molecule has 166 valence electrons. The molecule has 1 amide bonds. The number of nitrogens with zero attached hydrogens (tertiary/aromatic N) is 3. The summed E-state index contributed by atoms with van der Waals surface area (Å²) in [5.41, 5.74) is 2.90. The second-order valence-corrected chi connectivity index (χ2v) is 8.89. The van der Waals surface area contributed by atoms with Crippen molar-refractivity contribution in [3.63, 3.8) is 0 Å². The van der Waals surface area contributed by atoms with Gasteiger partial charge in [0.2, 0.25) is 0 Å². The maximum absolute atomic E-state index is 12.4. The van der Waals surface area contributed by atoms with Gasteiger partial charge in [-0.2, -0.15) is 0 Å². The van der Waals surface area contributed by atoms with Crippen LogP contribution in [0.25, 0.3) is 22.2 Å². The third-order valence-electron chi connectivity index (χ3n) is 5.24. The lowest BCUT2D eigenvalue weighted by molar-refractivity contribution is 0.0293. The zero-order valence-corrected chi connectivity index (χ0v) is 18.3. The number of amides is 1. The number of nitrogens with one attached hydrogen (secondary N) is 1. The highest BCUT2D eigenvalue weighted by Gasteiger charge is 2.30. The number of benzene rings is 1. The van der Waals surface area contributed by atoms with Crippen LogP contribution >= 0.6 is 0 Å². The molecule has 3 heterocycles. The maximum Gasteiger partial charge on any atom is 0.410 e. The zero-order valence-electron chi connectivity index (χ0n) is 18.3. The molecule has 1 saturated heterocycles. The predicted octanol–water partition coefficient (Wildman–Crippen LogP) is 4.42. The standard InChI is InChI=1S/C24H26N4O4/c1-24(2,3)32-23(31)28-11-9-17(14-28)26-21-12-20(27-19-8-10-25-13-18(19)21)15-4-6-16(7-5-15)22(29)30/h4-8,10,12-13,17H,9,11,14H2,1-3H3,(H,26,27)(H,29,30). The smallest absolute Gasteiger partial charge is 0.410 e. The molecule has 2 N–H and O–H groups in total. The molecule has 0 saturated carbocycles. The average molecular weight is 434 g/mol. The van der Waals surface area contributed by atoms with Gasteiger partial charge in [-0.05, 0) is 51.5 Å². The van der Waals surface area contributed by atoms with Crippen molar-refractivity contribution in [1.29, 1.82) is 0 Å². The third-order valence-corrected chi connectivity index (χ3v) is 5.24. The van der Waals surface area contributed by atoms with Crippen LogP contribution in [0, 0.1) is 0 Å². The number of carboxylic acids is 1. The second kappa shape index (κ2) is 8.45. The van der Waals surface area contributed by atoms with E-state index in [1.165, 1.54) is 0 Å². The van der Waals surface area contributed by atoms with Crippen LogP contribution in [0.1, 0.15) is 37.6 Å². The molecule has 1 fully saturated rings. The Bertz CT molecular complexity index is 1150. The SMILES string of the molecule is CC(C)(C)OC(=O)N1CCC(Nc2cc(-c3ccc(C(=O)O)cc3)nc3ccncc23)C1. The second-order valence-electron chi connectivity index (χ2n) is 8.89. The summed E-state index contributed by atoms with van der Waals surface area (Å²) in [5, 5.41) is 13.6. The monoisotopic (exact) mass is 434 g/mol. The first-order valence-electron chi connectivity index (χ1n) is 10.5. The molecular weight excluding hydrogens is 408 g/mol. The molecule has 8 nitrogen and oxygen atoms in total. The lowest BCUT2D eigenvalue weighted by Gasteiger charge is -2.24. The van der Waals surface area contributed by atoms with E-state index >= 15 is 0 Å². The number of aromatic carboxylic acids is 1. The Kier molecular flexibility index (Phi) is 5.69. The fraction of sp³-hybridized carbons (Fsp3) is 0.333. The number of carboxylic acid groups (broad SMARTS) is 1. The van der Waals surface area contributed by atoms with Crippen LogP contribution in [0.3, 0.4) is 0 Å². The number of aromatic nitrogens is 2. The normalized spacial score (nSPS) is 16.2. The predicted molar refractivity (Wildman–Crippen MR) is 122 cm³/mol. The third kappa shape index (κ3) is 4.80. The largest absolute Gasteiger partial charge is 0.478 e. The molecule has 32 heavy (non-hydrogen) atoms. The van der Waals surface area contributed by atoms with E-state index in [1.54, 1.807) is 41.6 Å². The van der Waals surface area contributed by atoms with Gasteiger partial charge in [0.1, 0.15) is 5.60 Å². The van der Waals surface area contributed by atoms with Crippen molar-refractivity contribution in [3.8, 4) is 11.3 Å². The Morgan fingerprint density at radius 2 is 1.94 bits per heavy atom. The topological polar surface area (TPSA) is 105 Å². The minimum Gasteiger partial charge on any atom is -0.478 e. The minimum absolute atomic E-state index is 0.0653. The number of carbonyl (C=O) groups excluding carboxylic acids is 1. The first-order chi connectivity index (χ1) is 15.2. The van der Waals surface area contributed by atoms with Gasteiger partial charge in [-0.25, -0.2) is 14.6 Å². The van der Waals surface area contributed by atoms with Crippen LogP contribution < -0.4 is 5.32 Å². The van der Waals surface area contributed by atoms with Gasteiger partial charge >= 0.3 is 12.1 Å². The van der Waals surface area contributed by atoms with Gasteiger partial charge in [0.15, 0.2) is 0 Å². The van der Waals surface area contributed by atoms with E-state index in [-0.39, 0.29) is 17.7 Å². The first kappa shape index (κ1) is 21.5. The van der Waals surface area contributed by atoms with Crippen molar-refractivity contribution in [2.24, 2.45) is 0 Å². The molecule has 2 aromatic heterocycles. The fourth-order valence-electron chi connectivity index (χ4n) is 3.71. The van der Waals surface area contributed by atoms with Gasteiger partial charge in [0, 0.05) is 48.2 Å². The van der Waals surface area contributed by atoms with Gasteiger partial charge in [-0.1, -0.05) is 12.1 Å². The van der Waals surface area contributed by atoms with Gasteiger partial charge in [0.25, 0.3) is 0 Å². The molecule has 3 aromatic rings. The van der Waals surface area contributed by atoms with Gasteiger partial charge in [-0.15, -0.1) is 0 Å².